The maximum Gasteiger partial charge on any atom is 0.323 e. The maximum absolute atomic E-state index is 12.3. The number of carbonyl (C=O) groups is 2. The van der Waals surface area contributed by atoms with Gasteiger partial charge in [0.25, 0.3) is 0 Å². The molecule has 3 aromatic rings. The van der Waals surface area contributed by atoms with Crippen LogP contribution in [0.1, 0.15) is 35.4 Å². The van der Waals surface area contributed by atoms with Crippen LogP contribution in [0.2, 0.25) is 0 Å². The highest BCUT2D eigenvalue weighted by Crippen LogP contribution is 2.21. The first-order valence-corrected chi connectivity index (χ1v) is 10.7. The molecule has 0 aliphatic rings. The van der Waals surface area contributed by atoms with Crippen molar-refractivity contribution in [2.45, 2.75) is 32.9 Å². The van der Waals surface area contributed by atoms with Gasteiger partial charge >= 0.3 is 12.1 Å². The Kier molecular flexibility index (Phi) is 7.45. The zero-order chi connectivity index (χ0) is 21.3. The lowest BCUT2D eigenvalue weighted by atomic mass is 10.2. The van der Waals surface area contributed by atoms with E-state index >= 15 is 0 Å². The summed E-state index contributed by atoms with van der Waals surface area (Å²) >= 11 is 1.63. The van der Waals surface area contributed by atoms with Gasteiger partial charge in [-0.05, 0) is 60.2 Å². The number of amides is 4. The molecule has 0 spiro atoms. The van der Waals surface area contributed by atoms with Crippen LogP contribution in [0.25, 0.3) is 0 Å². The Morgan fingerprint density at radius 3 is 2.33 bits per heavy atom. The summed E-state index contributed by atoms with van der Waals surface area (Å²) in [6.45, 7) is 4.38. The van der Waals surface area contributed by atoms with Crippen molar-refractivity contribution in [3.63, 3.8) is 0 Å². The molecule has 0 saturated carbocycles. The molecule has 3 rings (SSSR count). The third kappa shape index (κ3) is 6.35. The predicted molar refractivity (Wildman–Crippen MR) is 123 cm³/mol. The van der Waals surface area contributed by atoms with E-state index in [1.807, 2.05) is 79.9 Å². The Bertz CT molecular complexity index is 988. The molecule has 0 aliphatic carbocycles. The molecule has 156 valence electrons. The standard InChI is InChI=1S/C23H26N4O2S/c1-3-20(21-11-6-12-30-21)27-22(28)24-15-17-8-5-10-19(14-17)26-23(29)25-18-9-4-7-16(2)13-18/h4-14,20H,3,15H2,1-2H3,(H2,24,27,28)(H2,25,26,29). The zero-order valence-corrected chi connectivity index (χ0v) is 17.9. The van der Waals surface area contributed by atoms with Gasteiger partial charge in [-0.3, -0.25) is 0 Å². The van der Waals surface area contributed by atoms with Crippen LogP contribution in [-0.4, -0.2) is 12.1 Å². The van der Waals surface area contributed by atoms with Gasteiger partial charge in [0, 0.05) is 22.8 Å². The summed E-state index contributed by atoms with van der Waals surface area (Å²) in [6, 6.07) is 18.5. The largest absolute Gasteiger partial charge is 0.334 e. The predicted octanol–water partition coefficient (Wildman–Crippen LogP) is 5.65. The fraction of sp³-hybridized carbons (Fsp3) is 0.217. The topological polar surface area (TPSA) is 82.3 Å². The maximum atomic E-state index is 12.3. The van der Waals surface area contributed by atoms with E-state index in [2.05, 4.69) is 21.3 Å². The molecular weight excluding hydrogens is 396 g/mol. The Hall–Kier alpha value is -3.32. The van der Waals surface area contributed by atoms with E-state index in [-0.39, 0.29) is 18.1 Å². The molecule has 1 unspecified atom stereocenters. The SMILES string of the molecule is CCC(NC(=O)NCc1cccc(NC(=O)Nc2cccc(C)c2)c1)c1cccs1. The van der Waals surface area contributed by atoms with Gasteiger partial charge in [0.15, 0.2) is 0 Å². The second-order valence-corrected chi connectivity index (χ2v) is 7.93. The molecule has 0 fully saturated rings. The van der Waals surface area contributed by atoms with E-state index in [0.29, 0.717) is 12.2 Å². The molecule has 30 heavy (non-hydrogen) atoms. The quantitative estimate of drug-likeness (QED) is 0.397. The minimum Gasteiger partial charge on any atom is -0.334 e. The van der Waals surface area contributed by atoms with Crippen LogP contribution < -0.4 is 21.3 Å². The van der Waals surface area contributed by atoms with E-state index in [4.69, 9.17) is 0 Å². The van der Waals surface area contributed by atoms with Crippen molar-refractivity contribution in [3.8, 4) is 0 Å². The van der Waals surface area contributed by atoms with Gasteiger partial charge in [-0.25, -0.2) is 9.59 Å². The second-order valence-electron chi connectivity index (χ2n) is 6.95. The molecule has 0 aliphatic heterocycles. The van der Waals surface area contributed by atoms with Gasteiger partial charge in [-0.15, -0.1) is 11.3 Å². The third-order valence-corrected chi connectivity index (χ3v) is 5.50. The number of urea groups is 2. The molecule has 0 radical (unpaired) electrons. The first kappa shape index (κ1) is 21.4. The third-order valence-electron chi connectivity index (χ3n) is 4.51. The van der Waals surface area contributed by atoms with E-state index < -0.39 is 0 Å². The molecule has 4 amide bonds. The number of thiophene rings is 1. The van der Waals surface area contributed by atoms with E-state index in [9.17, 15) is 9.59 Å². The van der Waals surface area contributed by atoms with Crippen LogP contribution >= 0.6 is 11.3 Å². The van der Waals surface area contributed by atoms with Crippen LogP contribution in [0.3, 0.4) is 0 Å². The zero-order valence-electron chi connectivity index (χ0n) is 17.1. The highest BCUT2D eigenvalue weighted by molar-refractivity contribution is 7.10. The molecule has 4 N–H and O–H groups in total. The number of hydrogen-bond acceptors (Lipinski definition) is 3. The van der Waals surface area contributed by atoms with Crippen molar-refractivity contribution in [2.24, 2.45) is 0 Å². The molecule has 1 heterocycles. The lowest BCUT2D eigenvalue weighted by Crippen LogP contribution is -2.37. The summed E-state index contributed by atoms with van der Waals surface area (Å²) in [6.07, 6.45) is 0.823. The van der Waals surface area contributed by atoms with Gasteiger partial charge in [0.2, 0.25) is 0 Å². The number of rotatable bonds is 7. The summed E-state index contributed by atoms with van der Waals surface area (Å²) in [4.78, 5) is 25.7. The van der Waals surface area contributed by atoms with Gasteiger partial charge in [0.05, 0.1) is 6.04 Å². The fourth-order valence-electron chi connectivity index (χ4n) is 3.03. The Balaban J connectivity index is 1.51. The molecule has 7 heteroatoms. The number of anilines is 2. The summed E-state index contributed by atoms with van der Waals surface area (Å²) in [7, 11) is 0. The lowest BCUT2D eigenvalue weighted by molar-refractivity contribution is 0.236. The van der Waals surface area contributed by atoms with Gasteiger partial charge in [-0.2, -0.15) is 0 Å². The first-order valence-electron chi connectivity index (χ1n) is 9.85. The van der Waals surface area contributed by atoms with Crippen molar-refractivity contribution in [2.75, 3.05) is 10.6 Å². The lowest BCUT2D eigenvalue weighted by Gasteiger charge is -2.16. The smallest absolute Gasteiger partial charge is 0.323 e. The van der Waals surface area contributed by atoms with Gasteiger partial charge < -0.3 is 21.3 Å². The van der Waals surface area contributed by atoms with Gasteiger partial charge in [-0.1, -0.05) is 37.3 Å². The minimum absolute atomic E-state index is 0.00307. The normalized spacial score (nSPS) is 11.4. The molecule has 6 nitrogen and oxygen atoms in total. The van der Waals surface area contributed by atoms with Crippen molar-refractivity contribution in [3.05, 3.63) is 82.0 Å². The van der Waals surface area contributed by atoms with Crippen molar-refractivity contribution in [1.82, 2.24) is 10.6 Å². The monoisotopic (exact) mass is 422 g/mol. The second kappa shape index (κ2) is 10.5. The summed E-state index contributed by atoms with van der Waals surface area (Å²) in [5.74, 6) is 0. The van der Waals surface area contributed by atoms with Crippen molar-refractivity contribution in [1.29, 1.82) is 0 Å². The summed E-state index contributed by atoms with van der Waals surface area (Å²) in [5.41, 5.74) is 3.36. The summed E-state index contributed by atoms with van der Waals surface area (Å²) < 4.78 is 0. The molecule has 0 saturated heterocycles. The molecular formula is C23H26N4O2S. The number of carbonyl (C=O) groups excluding carboxylic acids is 2. The first-order chi connectivity index (χ1) is 14.5. The number of hydrogen-bond donors (Lipinski definition) is 4. The fourth-order valence-corrected chi connectivity index (χ4v) is 3.89. The van der Waals surface area contributed by atoms with Crippen LogP contribution in [0.15, 0.2) is 66.0 Å². The average molecular weight is 423 g/mol. The Morgan fingerprint density at radius 1 is 0.933 bits per heavy atom. The number of aryl methyl sites for hydroxylation is 1. The van der Waals surface area contributed by atoms with Gasteiger partial charge in [0.1, 0.15) is 0 Å². The van der Waals surface area contributed by atoms with E-state index in [1.165, 1.54) is 0 Å². The average Bonchev–Trinajstić information content (AvgIpc) is 3.25. The van der Waals surface area contributed by atoms with Crippen molar-refractivity contribution >= 4 is 34.8 Å². The van der Waals surface area contributed by atoms with Crippen LogP contribution in [0.5, 0.6) is 0 Å². The van der Waals surface area contributed by atoms with Crippen LogP contribution in [0.4, 0.5) is 21.0 Å². The van der Waals surface area contributed by atoms with Crippen LogP contribution in [-0.2, 0) is 6.54 Å². The highest BCUT2D eigenvalue weighted by atomic mass is 32.1. The van der Waals surface area contributed by atoms with Crippen molar-refractivity contribution < 1.29 is 9.59 Å². The minimum atomic E-state index is -0.315. The number of nitrogens with one attached hydrogen (secondary N) is 4. The summed E-state index contributed by atoms with van der Waals surface area (Å²) in [5, 5.41) is 13.5. The Morgan fingerprint density at radius 2 is 1.67 bits per heavy atom. The molecule has 1 aromatic heterocycles. The molecule has 0 bridgehead atoms. The number of benzene rings is 2. The Labute approximate surface area is 180 Å². The molecule has 2 aromatic carbocycles. The highest BCUT2D eigenvalue weighted by Gasteiger charge is 2.13. The molecule has 1 atom stereocenters. The van der Waals surface area contributed by atoms with Crippen LogP contribution in [0, 0.1) is 6.92 Å². The van der Waals surface area contributed by atoms with E-state index in [0.717, 1.165) is 28.1 Å². The van der Waals surface area contributed by atoms with E-state index in [1.54, 1.807) is 11.3 Å².